The number of nitrogens with one attached hydrogen (secondary N) is 2. The summed E-state index contributed by atoms with van der Waals surface area (Å²) in [7, 11) is 0. The third-order valence-corrected chi connectivity index (χ3v) is 6.12. The summed E-state index contributed by atoms with van der Waals surface area (Å²) in [5, 5.41) is 4.57. The van der Waals surface area contributed by atoms with Crippen LogP contribution >= 0.6 is 11.6 Å². The zero-order valence-corrected chi connectivity index (χ0v) is 18.2. The molecule has 3 aromatic rings. The van der Waals surface area contributed by atoms with Crippen molar-refractivity contribution in [1.82, 2.24) is 24.8 Å². The number of nitrogens with zero attached hydrogens (tertiary/aromatic N) is 4. The van der Waals surface area contributed by atoms with E-state index < -0.39 is 5.82 Å². The first-order valence-corrected chi connectivity index (χ1v) is 11.0. The van der Waals surface area contributed by atoms with Crippen molar-refractivity contribution >= 4 is 28.5 Å². The number of pyridine rings is 1. The van der Waals surface area contributed by atoms with Crippen molar-refractivity contribution in [2.75, 3.05) is 31.5 Å². The maximum absolute atomic E-state index is 14.4. The summed E-state index contributed by atoms with van der Waals surface area (Å²) >= 11 is 6.09. The normalized spacial score (nSPS) is 18.6. The highest BCUT2D eigenvalue weighted by molar-refractivity contribution is 6.31. The van der Waals surface area contributed by atoms with Gasteiger partial charge in [-0.25, -0.2) is 19.3 Å². The second kappa shape index (κ2) is 9.27. The van der Waals surface area contributed by atoms with Gasteiger partial charge in [0.05, 0.1) is 11.2 Å². The average molecular weight is 431 g/mol. The molecule has 0 spiro atoms. The predicted molar refractivity (Wildman–Crippen MR) is 119 cm³/mol. The van der Waals surface area contributed by atoms with E-state index >= 15 is 0 Å². The van der Waals surface area contributed by atoms with Crippen LogP contribution in [0.3, 0.4) is 0 Å². The van der Waals surface area contributed by atoms with Gasteiger partial charge in [0.1, 0.15) is 5.65 Å². The zero-order valence-electron chi connectivity index (χ0n) is 17.5. The number of hydrogen-bond donors (Lipinski definition) is 2. The molecule has 0 aromatic carbocycles. The Morgan fingerprint density at radius 3 is 3.07 bits per heavy atom. The van der Waals surface area contributed by atoms with Crippen LogP contribution in [0, 0.1) is 17.7 Å². The van der Waals surface area contributed by atoms with Crippen molar-refractivity contribution in [2.24, 2.45) is 11.8 Å². The Kier molecular flexibility index (Phi) is 6.49. The van der Waals surface area contributed by atoms with E-state index in [4.69, 9.17) is 11.6 Å². The Bertz CT molecular complexity index is 1010. The van der Waals surface area contributed by atoms with Crippen molar-refractivity contribution in [2.45, 2.75) is 33.1 Å². The molecule has 2 N–H and O–H groups in total. The summed E-state index contributed by atoms with van der Waals surface area (Å²) in [4.78, 5) is 18.5. The summed E-state index contributed by atoms with van der Waals surface area (Å²) in [6.45, 7) is 8.57. The molecule has 0 amide bonds. The van der Waals surface area contributed by atoms with Crippen LogP contribution in [-0.2, 0) is 0 Å². The first kappa shape index (κ1) is 21.0. The number of hydrogen-bond acceptors (Lipinski definition) is 5. The summed E-state index contributed by atoms with van der Waals surface area (Å²) in [5.41, 5.74) is 1.45. The molecule has 4 heterocycles. The molecule has 0 saturated carbocycles. The maximum atomic E-state index is 14.4. The second-order valence-electron chi connectivity index (χ2n) is 8.30. The molecule has 1 saturated heterocycles. The number of piperidine rings is 1. The fourth-order valence-corrected chi connectivity index (χ4v) is 4.24. The van der Waals surface area contributed by atoms with Gasteiger partial charge in [0.15, 0.2) is 17.5 Å². The Labute approximate surface area is 181 Å². The van der Waals surface area contributed by atoms with E-state index in [0.29, 0.717) is 34.9 Å². The van der Waals surface area contributed by atoms with Gasteiger partial charge >= 0.3 is 0 Å². The van der Waals surface area contributed by atoms with Gasteiger partial charge in [0.25, 0.3) is 0 Å². The van der Waals surface area contributed by atoms with Gasteiger partial charge in [-0.2, -0.15) is 0 Å². The Morgan fingerprint density at radius 1 is 1.37 bits per heavy atom. The lowest BCUT2D eigenvalue weighted by Gasteiger charge is -2.34. The molecule has 1 aliphatic heterocycles. The molecule has 30 heavy (non-hydrogen) atoms. The molecule has 8 heteroatoms. The number of anilines is 1. The highest BCUT2D eigenvalue weighted by Crippen LogP contribution is 2.28. The van der Waals surface area contributed by atoms with E-state index in [9.17, 15) is 4.39 Å². The van der Waals surface area contributed by atoms with Crippen LogP contribution in [0.1, 0.15) is 33.1 Å². The van der Waals surface area contributed by atoms with Crippen LogP contribution < -0.4 is 5.32 Å². The summed E-state index contributed by atoms with van der Waals surface area (Å²) < 4.78 is 14.4. The van der Waals surface area contributed by atoms with Crippen molar-refractivity contribution in [1.29, 1.82) is 0 Å². The molecule has 2 atom stereocenters. The number of H-pyrrole nitrogens is 1. The summed E-state index contributed by atoms with van der Waals surface area (Å²) in [5.74, 6) is 1.43. The molecule has 3 aromatic heterocycles. The topological polar surface area (TPSA) is 69.7 Å². The standard InChI is InChI=1S/C22H28ClFN6/c1-3-14(2)12-30-6-4-5-15(13-30)8-25-22-19(24)11-28-21(29-22)18-10-27-20-17(18)7-16(23)9-26-20/h7,9-11,14-15H,3-6,8,12-13H2,1-2H3,(H,26,27)(H,25,28,29)/t14-,15+/m1/s1. The van der Waals surface area contributed by atoms with Crippen LogP contribution in [0.2, 0.25) is 5.02 Å². The number of aromatic nitrogens is 4. The van der Waals surface area contributed by atoms with Crippen LogP contribution in [0.15, 0.2) is 24.7 Å². The largest absolute Gasteiger partial charge is 0.367 e. The third-order valence-electron chi connectivity index (χ3n) is 5.91. The molecule has 160 valence electrons. The van der Waals surface area contributed by atoms with Gasteiger partial charge in [0.2, 0.25) is 0 Å². The van der Waals surface area contributed by atoms with Gasteiger partial charge in [0, 0.05) is 43.0 Å². The highest BCUT2D eigenvalue weighted by Gasteiger charge is 2.21. The number of aromatic amines is 1. The molecule has 1 aliphatic rings. The minimum Gasteiger partial charge on any atom is -0.367 e. The van der Waals surface area contributed by atoms with E-state index in [2.05, 4.69) is 44.0 Å². The van der Waals surface area contributed by atoms with E-state index in [1.54, 1.807) is 12.4 Å². The van der Waals surface area contributed by atoms with E-state index in [-0.39, 0.29) is 5.82 Å². The molecule has 0 bridgehead atoms. The minimum absolute atomic E-state index is 0.239. The summed E-state index contributed by atoms with van der Waals surface area (Å²) in [6.07, 6.45) is 8.11. The summed E-state index contributed by atoms with van der Waals surface area (Å²) in [6, 6.07) is 1.81. The Morgan fingerprint density at radius 2 is 2.23 bits per heavy atom. The molecule has 0 radical (unpaired) electrons. The highest BCUT2D eigenvalue weighted by atomic mass is 35.5. The molecule has 6 nitrogen and oxygen atoms in total. The molecule has 0 aliphatic carbocycles. The number of halogens is 2. The van der Waals surface area contributed by atoms with Gasteiger partial charge in [-0.15, -0.1) is 0 Å². The van der Waals surface area contributed by atoms with Gasteiger partial charge in [-0.1, -0.05) is 31.9 Å². The maximum Gasteiger partial charge on any atom is 0.183 e. The van der Waals surface area contributed by atoms with Crippen molar-refractivity contribution in [3.05, 3.63) is 35.5 Å². The smallest absolute Gasteiger partial charge is 0.183 e. The lowest BCUT2D eigenvalue weighted by Crippen LogP contribution is -2.40. The van der Waals surface area contributed by atoms with Crippen molar-refractivity contribution in [3.8, 4) is 11.4 Å². The number of fused-ring (bicyclic) bond motifs is 1. The van der Waals surface area contributed by atoms with E-state index in [0.717, 1.165) is 37.0 Å². The van der Waals surface area contributed by atoms with Gasteiger partial charge in [-0.05, 0) is 37.3 Å². The predicted octanol–water partition coefficient (Wildman–Crippen LogP) is 4.98. The quantitative estimate of drug-likeness (QED) is 0.553. The van der Waals surface area contributed by atoms with Crippen LogP contribution in [0.4, 0.5) is 10.2 Å². The van der Waals surface area contributed by atoms with Crippen LogP contribution in [0.5, 0.6) is 0 Å². The first-order chi connectivity index (χ1) is 14.5. The van der Waals surface area contributed by atoms with E-state index in [1.165, 1.54) is 19.0 Å². The lowest BCUT2D eigenvalue weighted by molar-refractivity contribution is 0.158. The molecule has 0 unspecified atom stereocenters. The fraction of sp³-hybridized carbons (Fsp3) is 0.500. The monoisotopic (exact) mass is 430 g/mol. The van der Waals surface area contributed by atoms with Gasteiger partial charge < -0.3 is 15.2 Å². The molecule has 1 fully saturated rings. The fourth-order valence-electron chi connectivity index (χ4n) is 4.08. The minimum atomic E-state index is -0.443. The average Bonchev–Trinajstić information content (AvgIpc) is 3.16. The van der Waals surface area contributed by atoms with Crippen LogP contribution in [-0.4, -0.2) is 51.0 Å². The van der Waals surface area contributed by atoms with E-state index in [1.807, 2.05) is 6.07 Å². The molecular formula is C22H28ClFN6. The van der Waals surface area contributed by atoms with Gasteiger partial charge in [-0.3, -0.25) is 0 Å². The zero-order chi connectivity index (χ0) is 21.1. The lowest BCUT2D eigenvalue weighted by atomic mass is 9.96. The Balaban J connectivity index is 1.47. The second-order valence-corrected chi connectivity index (χ2v) is 8.74. The Hall–Kier alpha value is -2.25. The number of rotatable bonds is 7. The van der Waals surface area contributed by atoms with Crippen LogP contribution in [0.25, 0.3) is 22.4 Å². The third kappa shape index (κ3) is 4.73. The molecular weight excluding hydrogens is 403 g/mol. The van der Waals surface area contributed by atoms with Crippen molar-refractivity contribution in [3.63, 3.8) is 0 Å². The SMILES string of the molecule is CC[C@@H](C)CN1CCC[C@@H](CNc2nc(-c3c[nH]c4ncc(Cl)cc34)ncc2F)C1. The van der Waals surface area contributed by atoms with Crippen molar-refractivity contribution < 1.29 is 4.39 Å². The number of likely N-dealkylation sites (tertiary alicyclic amines) is 1. The molecule has 4 rings (SSSR count). The first-order valence-electron chi connectivity index (χ1n) is 10.6.